The Balaban J connectivity index is 1.34. The number of rotatable bonds is 10. The molecule has 1 heterocycles. The van der Waals surface area contributed by atoms with Gasteiger partial charge in [-0.3, -0.25) is 9.69 Å². The fourth-order valence-electron chi connectivity index (χ4n) is 5.35. The summed E-state index contributed by atoms with van der Waals surface area (Å²) in [5, 5.41) is 8.88. The highest BCUT2D eigenvalue weighted by molar-refractivity contribution is 5.99. The predicted octanol–water partition coefficient (Wildman–Crippen LogP) is 5.81. The Morgan fingerprint density at radius 1 is 0.786 bits per heavy atom. The summed E-state index contributed by atoms with van der Waals surface area (Å²) >= 11 is 0. The van der Waals surface area contributed by atoms with E-state index in [9.17, 15) is 9.59 Å². The van der Waals surface area contributed by atoms with Crippen molar-refractivity contribution >= 4 is 23.3 Å². The maximum atomic E-state index is 13.1. The Kier molecular flexibility index (Phi) is 9.36. The summed E-state index contributed by atoms with van der Waals surface area (Å²) in [7, 11) is 3.25. The van der Waals surface area contributed by atoms with Crippen LogP contribution in [0.15, 0.2) is 97.1 Å². The average Bonchev–Trinajstić information content (AvgIpc) is 3.02. The standard InChI is InChI=1S/C34H36N4O4/c1-41-31-16-13-25(20-32(31)42-2)19-30-29-15-14-28(37-34(40)36-27-11-7-4-8-12-27)21-26(29)17-18-38(30)23-33(39)35-22-24-9-5-3-6-10-24/h3-16,20-21,30H,17-19,22-23H2,1-2H3,(H,35,39)(H2,36,37,40). The van der Waals surface area contributed by atoms with E-state index in [1.54, 1.807) is 14.2 Å². The lowest BCUT2D eigenvalue weighted by Gasteiger charge is -2.37. The second-order valence-corrected chi connectivity index (χ2v) is 10.3. The minimum atomic E-state index is -0.296. The minimum Gasteiger partial charge on any atom is -0.493 e. The average molecular weight is 565 g/mol. The number of amides is 3. The van der Waals surface area contributed by atoms with E-state index in [1.165, 1.54) is 0 Å². The molecule has 4 aromatic rings. The van der Waals surface area contributed by atoms with E-state index < -0.39 is 0 Å². The van der Waals surface area contributed by atoms with Crippen molar-refractivity contribution in [3.8, 4) is 11.5 Å². The van der Waals surface area contributed by atoms with Crippen LogP contribution in [0.5, 0.6) is 11.5 Å². The molecule has 0 aliphatic carbocycles. The highest BCUT2D eigenvalue weighted by atomic mass is 16.5. The topological polar surface area (TPSA) is 91.9 Å². The van der Waals surface area contributed by atoms with Gasteiger partial charge in [0.05, 0.1) is 20.8 Å². The van der Waals surface area contributed by atoms with Crippen LogP contribution < -0.4 is 25.4 Å². The smallest absolute Gasteiger partial charge is 0.323 e. The van der Waals surface area contributed by atoms with E-state index in [4.69, 9.17) is 9.47 Å². The van der Waals surface area contributed by atoms with Crippen molar-refractivity contribution in [1.29, 1.82) is 0 Å². The van der Waals surface area contributed by atoms with Crippen LogP contribution in [-0.4, -0.2) is 44.1 Å². The summed E-state index contributed by atoms with van der Waals surface area (Å²) in [5.74, 6) is 1.32. The molecule has 8 nitrogen and oxygen atoms in total. The molecule has 3 N–H and O–H groups in total. The van der Waals surface area contributed by atoms with Crippen molar-refractivity contribution in [2.24, 2.45) is 0 Å². The fourth-order valence-corrected chi connectivity index (χ4v) is 5.35. The number of ether oxygens (including phenoxy) is 2. The molecule has 3 amide bonds. The number of nitrogens with zero attached hydrogens (tertiary/aromatic N) is 1. The normalized spacial score (nSPS) is 14.4. The first-order valence-electron chi connectivity index (χ1n) is 14.0. The number of hydrogen-bond acceptors (Lipinski definition) is 5. The van der Waals surface area contributed by atoms with Crippen LogP contribution in [-0.2, 0) is 24.2 Å². The number of urea groups is 1. The highest BCUT2D eigenvalue weighted by Gasteiger charge is 2.29. The van der Waals surface area contributed by atoms with E-state index in [0.29, 0.717) is 31.0 Å². The van der Waals surface area contributed by atoms with Gasteiger partial charge in [-0.2, -0.15) is 0 Å². The third-order valence-electron chi connectivity index (χ3n) is 7.46. The second-order valence-electron chi connectivity index (χ2n) is 10.3. The third-order valence-corrected chi connectivity index (χ3v) is 7.46. The van der Waals surface area contributed by atoms with Crippen LogP contribution in [0.25, 0.3) is 0 Å². The van der Waals surface area contributed by atoms with Gasteiger partial charge in [0.15, 0.2) is 11.5 Å². The zero-order valence-corrected chi connectivity index (χ0v) is 23.9. The van der Waals surface area contributed by atoms with Crippen LogP contribution in [0.4, 0.5) is 16.2 Å². The first-order valence-corrected chi connectivity index (χ1v) is 14.0. The van der Waals surface area contributed by atoms with Crippen molar-refractivity contribution < 1.29 is 19.1 Å². The number of hydrogen-bond donors (Lipinski definition) is 3. The molecule has 0 aromatic heterocycles. The van der Waals surface area contributed by atoms with Gasteiger partial charge in [-0.1, -0.05) is 60.7 Å². The van der Waals surface area contributed by atoms with E-state index in [1.807, 2.05) is 91.0 Å². The molecule has 4 aromatic carbocycles. The lowest BCUT2D eigenvalue weighted by atomic mass is 9.88. The van der Waals surface area contributed by atoms with Gasteiger partial charge in [-0.25, -0.2) is 4.79 Å². The van der Waals surface area contributed by atoms with Gasteiger partial charge in [0.2, 0.25) is 5.91 Å². The summed E-state index contributed by atoms with van der Waals surface area (Å²) in [6, 6.07) is 30.9. The van der Waals surface area contributed by atoms with Gasteiger partial charge in [0, 0.05) is 30.5 Å². The summed E-state index contributed by atoms with van der Waals surface area (Å²) in [6.45, 7) is 1.48. The molecular weight excluding hydrogens is 528 g/mol. The number of fused-ring (bicyclic) bond motifs is 1. The molecule has 0 saturated carbocycles. The Bertz CT molecular complexity index is 1510. The molecule has 0 radical (unpaired) electrons. The van der Waals surface area contributed by atoms with E-state index in [-0.39, 0.29) is 24.5 Å². The fraction of sp³-hybridized carbons (Fsp3) is 0.235. The molecule has 0 saturated heterocycles. The monoisotopic (exact) mass is 564 g/mol. The molecule has 1 aliphatic rings. The molecule has 1 unspecified atom stereocenters. The van der Waals surface area contributed by atoms with Gasteiger partial charge < -0.3 is 25.4 Å². The molecule has 42 heavy (non-hydrogen) atoms. The number of carbonyl (C=O) groups excluding carboxylic acids is 2. The number of anilines is 2. The van der Waals surface area contributed by atoms with E-state index in [0.717, 1.165) is 40.0 Å². The molecule has 1 atom stereocenters. The van der Waals surface area contributed by atoms with E-state index >= 15 is 0 Å². The zero-order valence-electron chi connectivity index (χ0n) is 23.9. The number of carbonyl (C=O) groups is 2. The van der Waals surface area contributed by atoms with Crippen LogP contribution in [0, 0.1) is 0 Å². The number of methoxy groups -OCH3 is 2. The largest absolute Gasteiger partial charge is 0.493 e. The summed E-state index contributed by atoms with van der Waals surface area (Å²) < 4.78 is 11.0. The quantitative estimate of drug-likeness (QED) is 0.226. The van der Waals surface area contributed by atoms with Crippen LogP contribution in [0.2, 0.25) is 0 Å². The lowest BCUT2D eigenvalue weighted by Crippen LogP contribution is -2.43. The van der Waals surface area contributed by atoms with Crippen LogP contribution in [0.3, 0.4) is 0 Å². The van der Waals surface area contributed by atoms with Gasteiger partial charge >= 0.3 is 6.03 Å². The summed E-state index contributed by atoms with van der Waals surface area (Å²) in [5.41, 5.74) is 5.88. The van der Waals surface area contributed by atoms with Gasteiger partial charge in [-0.15, -0.1) is 0 Å². The van der Waals surface area contributed by atoms with Crippen molar-refractivity contribution in [3.63, 3.8) is 0 Å². The van der Waals surface area contributed by atoms with Crippen LogP contribution >= 0.6 is 0 Å². The predicted molar refractivity (Wildman–Crippen MR) is 165 cm³/mol. The molecule has 8 heteroatoms. The number of nitrogens with one attached hydrogen (secondary N) is 3. The Labute approximate surface area is 246 Å². The molecule has 0 spiro atoms. The third kappa shape index (κ3) is 7.27. The molecule has 0 fully saturated rings. The Morgan fingerprint density at radius 2 is 1.50 bits per heavy atom. The van der Waals surface area contributed by atoms with E-state index in [2.05, 4.69) is 26.9 Å². The Morgan fingerprint density at radius 3 is 2.24 bits per heavy atom. The maximum absolute atomic E-state index is 13.1. The minimum absolute atomic E-state index is 0.0181. The molecular formula is C34H36N4O4. The number of para-hydroxylation sites is 1. The van der Waals surface area contributed by atoms with Gasteiger partial charge in [-0.05, 0) is 71.5 Å². The molecule has 0 bridgehead atoms. The highest BCUT2D eigenvalue weighted by Crippen LogP contribution is 2.36. The molecule has 216 valence electrons. The Hall–Kier alpha value is -4.82. The van der Waals surface area contributed by atoms with Crippen molar-refractivity contribution in [1.82, 2.24) is 10.2 Å². The van der Waals surface area contributed by atoms with Crippen molar-refractivity contribution in [3.05, 3.63) is 119 Å². The summed E-state index contributed by atoms with van der Waals surface area (Å²) in [6.07, 6.45) is 1.44. The SMILES string of the molecule is COc1ccc(CC2c3ccc(NC(=O)Nc4ccccc4)cc3CCN2CC(=O)NCc2ccccc2)cc1OC. The van der Waals surface area contributed by atoms with Crippen molar-refractivity contribution in [2.75, 3.05) is 37.9 Å². The zero-order chi connectivity index (χ0) is 29.3. The summed E-state index contributed by atoms with van der Waals surface area (Å²) in [4.78, 5) is 27.9. The first-order chi connectivity index (χ1) is 20.5. The second kappa shape index (κ2) is 13.7. The van der Waals surface area contributed by atoms with Gasteiger partial charge in [0.25, 0.3) is 0 Å². The van der Waals surface area contributed by atoms with Crippen molar-refractivity contribution in [2.45, 2.75) is 25.4 Å². The molecule has 1 aliphatic heterocycles. The van der Waals surface area contributed by atoms with Crippen LogP contribution in [0.1, 0.15) is 28.3 Å². The first kappa shape index (κ1) is 28.7. The maximum Gasteiger partial charge on any atom is 0.323 e. The molecule has 5 rings (SSSR count). The lowest BCUT2D eigenvalue weighted by molar-refractivity contribution is -0.123. The van der Waals surface area contributed by atoms with Gasteiger partial charge in [0.1, 0.15) is 0 Å². The number of benzene rings is 4.